The maximum atomic E-state index is 12.1. The summed E-state index contributed by atoms with van der Waals surface area (Å²) in [5, 5.41) is 0. The Morgan fingerprint density at radius 1 is 1.55 bits per heavy atom. The second-order valence-electron chi connectivity index (χ2n) is 5.90. The van der Waals surface area contributed by atoms with E-state index in [4.69, 9.17) is 0 Å². The highest BCUT2D eigenvalue weighted by atomic mass is 16.2. The fourth-order valence-electron chi connectivity index (χ4n) is 2.98. The monoisotopic (exact) mass is 268 g/mol. The summed E-state index contributed by atoms with van der Waals surface area (Å²) >= 11 is 0. The molecule has 3 rings (SSSR count). The van der Waals surface area contributed by atoms with Gasteiger partial charge in [-0.2, -0.15) is 0 Å². The molecular formula is C17H20N2O. The van der Waals surface area contributed by atoms with Crippen molar-refractivity contribution in [3.8, 4) is 11.8 Å². The van der Waals surface area contributed by atoms with Crippen molar-refractivity contribution in [2.45, 2.75) is 32.6 Å². The summed E-state index contributed by atoms with van der Waals surface area (Å²) in [6.45, 7) is 3.84. The zero-order chi connectivity index (χ0) is 14.0. The highest BCUT2D eigenvalue weighted by molar-refractivity contribution is 5.77. The minimum absolute atomic E-state index is 0.0688. The molecule has 3 heteroatoms. The lowest BCUT2D eigenvalue weighted by Crippen LogP contribution is -2.31. The Kier molecular flexibility index (Phi) is 3.48. The molecule has 2 fully saturated rings. The van der Waals surface area contributed by atoms with E-state index in [1.54, 1.807) is 6.20 Å². The first-order chi connectivity index (χ1) is 9.73. The number of hydrogen-bond donors (Lipinski definition) is 0. The van der Waals surface area contributed by atoms with E-state index < -0.39 is 0 Å². The van der Waals surface area contributed by atoms with Crippen LogP contribution in [-0.2, 0) is 4.79 Å². The number of rotatable bonds is 3. The summed E-state index contributed by atoms with van der Waals surface area (Å²) in [7, 11) is 0. The molecule has 2 heterocycles. The zero-order valence-corrected chi connectivity index (χ0v) is 11.9. The summed E-state index contributed by atoms with van der Waals surface area (Å²) < 4.78 is 0. The normalized spacial score (nSPS) is 26.6. The first kappa shape index (κ1) is 13.2. The van der Waals surface area contributed by atoms with Crippen molar-refractivity contribution in [3.63, 3.8) is 0 Å². The molecule has 1 aromatic rings. The number of nitrogens with zero attached hydrogens (tertiary/aromatic N) is 2. The van der Waals surface area contributed by atoms with Gasteiger partial charge in [0.25, 0.3) is 0 Å². The van der Waals surface area contributed by atoms with Gasteiger partial charge in [0.2, 0.25) is 5.91 Å². The van der Waals surface area contributed by atoms with Crippen LogP contribution in [0.15, 0.2) is 24.4 Å². The molecular weight excluding hydrogens is 248 g/mol. The van der Waals surface area contributed by atoms with Crippen molar-refractivity contribution in [1.29, 1.82) is 0 Å². The highest BCUT2D eigenvalue weighted by Crippen LogP contribution is 2.57. The maximum Gasteiger partial charge on any atom is 0.222 e. The Hall–Kier alpha value is -1.82. The lowest BCUT2D eigenvalue weighted by Gasteiger charge is -2.18. The number of carbonyl (C=O) groups excluding carboxylic acids is 1. The predicted molar refractivity (Wildman–Crippen MR) is 77.8 cm³/mol. The van der Waals surface area contributed by atoms with Crippen LogP contribution in [0.5, 0.6) is 0 Å². The van der Waals surface area contributed by atoms with E-state index in [0.29, 0.717) is 18.2 Å². The molecule has 1 amide bonds. The van der Waals surface area contributed by atoms with Gasteiger partial charge in [-0.15, -0.1) is 0 Å². The van der Waals surface area contributed by atoms with Gasteiger partial charge in [-0.1, -0.05) is 25.3 Å². The van der Waals surface area contributed by atoms with E-state index in [0.717, 1.165) is 38.0 Å². The van der Waals surface area contributed by atoms with Crippen molar-refractivity contribution >= 4 is 5.91 Å². The van der Waals surface area contributed by atoms with Crippen LogP contribution in [0.25, 0.3) is 0 Å². The number of piperidine rings is 1. The lowest BCUT2D eigenvalue weighted by atomic mass is 10.1. The molecule has 2 unspecified atom stereocenters. The minimum atomic E-state index is 0.0688. The molecule has 0 N–H and O–H groups in total. The number of amides is 1. The molecule has 1 aliphatic carbocycles. The number of likely N-dealkylation sites (tertiary alicyclic amines) is 1. The lowest BCUT2D eigenvalue weighted by molar-refractivity contribution is -0.130. The second-order valence-corrected chi connectivity index (χ2v) is 5.90. The van der Waals surface area contributed by atoms with Gasteiger partial charge in [0, 0.05) is 25.7 Å². The third kappa shape index (κ3) is 2.56. The van der Waals surface area contributed by atoms with Crippen LogP contribution >= 0.6 is 0 Å². The Bertz CT molecular complexity index is 557. The molecule has 0 aromatic carbocycles. The molecule has 1 aliphatic heterocycles. The van der Waals surface area contributed by atoms with Gasteiger partial charge in [-0.3, -0.25) is 4.79 Å². The standard InChI is InChI=1S/C17H20N2O/c1-2-3-7-16(20)19-12-14-11-17(14,13-19)9-8-15-6-4-5-10-18-15/h4-6,10,14H,2-3,7,11-13H2,1H3. The van der Waals surface area contributed by atoms with Gasteiger partial charge in [0.15, 0.2) is 0 Å². The summed E-state index contributed by atoms with van der Waals surface area (Å²) in [5.74, 6) is 7.45. The van der Waals surface area contributed by atoms with Gasteiger partial charge in [0.1, 0.15) is 5.69 Å². The number of pyridine rings is 1. The molecule has 1 aromatic heterocycles. The van der Waals surface area contributed by atoms with Gasteiger partial charge >= 0.3 is 0 Å². The van der Waals surface area contributed by atoms with E-state index in [1.807, 2.05) is 23.1 Å². The topological polar surface area (TPSA) is 33.2 Å². The number of aromatic nitrogens is 1. The number of unbranched alkanes of at least 4 members (excludes halogenated alkanes) is 1. The molecule has 2 aliphatic rings. The second kappa shape index (κ2) is 5.28. The smallest absolute Gasteiger partial charge is 0.222 e. The van der Waals surface area contributed by atoms with Crippen LogP contribution in [0.3, 0.4) is 0 Å². The molecule has 20 heavy (non-hydrogen) atoms. The molecule has 0 radical (unpaired) electrons. The minimum Gasteiger partial charge on any atom is -0.341 e. The first-order valence-corrected chi connectivity index (χ1v) is 7.45. The summed E-state index contributed by atoms with van der Waals surface area (Å²) in [5.41, 5.74) is 0.891. The van der Waals surface area contributed by atoms with Crippen molar-refractivity contribution in [2.75, 3.05) is 13.1 Å². The van der Waals surface area contributed by atoms with Crippen molar-refractivity contribution in [1.82, 2.24) is 9.88 Å². The Balaban J connectivity index is 1.63. The number of carbonyl (C=O) groups is 1. The van der Waals surface area contributed by atoms with Gasteiger partial charge in [-0.25, -0.2) is 4.98 Å². The molecule has 0 spiro atoms. The van der Waals surface area contributed by atoms with Crippen LogP contribution in [0.4, 0.5) is 0 Å². The van der Waals surface area contributed by atoms with E-state index in [1.165, 1.54) is 0 Å². The van der Waals surface area contributed by atoms with E-state index >= 15 is 0 Å². The fraction of sp³-hybridized carbons (Fsp3) is 0.529. The average Bonchev–Trinajstić information content (AvgIpc) is 3.05. The van der Waals surface area contributed by atoms with Crippen molar-refractivity contribution in [3.05, 3.63) is 30.1 Å². The van der Waals surface area contributed by atoms with Gasteiger partial charge < -0.3 is 4.90 Å². The summed E-state index contributed by atoms with van der Waals surface area (Å²) in [4.78, 5) is 18.3. The third-order valence-electron chi connectivity index (χ3n) is 4.35. The molecule has 104 valence electrons. The Morgan fingerprint density at radius 2 is 2.45 bits per heavy atom. The number of hydrogen-bond acceptors (Lipinski definition) is 2. The predicted octanol–water partition coefficient (Wildman–Crippen LogP) is 2.47. The van der Waals surface area contributed by atoms with Crippen LogP contribution in [0.2, 0.25) is 0 Å². The van der Waals surface area contributed by atoms with Crippen LogP contribution in [0.1, 0.15) is 38.3 Å². The largest absolute Gasteiger partial charge is 0.341 e. The zero-order valence-electron chi connectivity index (χ0n) is 11.9. The maximum absolute atomic E-state index is 12.1. The molecule has 2 atom stereocenters. The van der Waals surface area contributed by atoms with E-state index in [2.05, 4.69) is 23.7 Å². The third-order valence-corrected chi connectivity index (χ3v) is 4.35. The SMILES string of the molecule is CCCCC(=O)N1CC2CC2(C#Cc2ccccn2)C1. The quantitative estimate of drug-likeness (QED) is 0.789. The molecule has 0 bridgehead atoms. The van der Waals surface area contributed by atoms with Gasteiger partial charge in [0.05, 0.1) is 5.41 Å². The van der Waals surface area contributed by atoms with Crippen LogP contribution in [-0.4, -0.2) is 28.9 Å². The van der Waals surface area contributed by atoms with E-state index in [9.17, 15) is 4.79 Å². The Morgan fingerprint density at radius 3 is 3.20 bits per heavy atom. The molecule has 3 nitrogen and oxygen atoms in total. The molecule has 1 saturated carbocycles. The fourth-order valence-corrected chi connectivity index (χ4v) is 2.98. The first-order valence-electron chi connectivity index (χ1n) is 7.45. The van der Waals surface area contributed by atoms with E-state index in [-0.39, 0.29) is 5.41 Å². The Labute approximate surface area is 120 Å². The highest BCUT2D eigenvalue weighted by Gasteiger charge is 2.60. The van der Waals surface area contributed by atoms with Crippen molar-refractivity contribution < 1.29 is 4.79 Å². The van der Waals surface area contributed by atoms with Crippen LogP contribution < -0.4 is 0 Å². The van der Waals surface area contributed by atoms with Crippen molar-refractivity contribution in [2.24, 2.45) is 11.3 Å². The summed E-state index contributed by atoms with van der Waals surface area (Å²) in [6.07, 6.45) is 5.67. The average molecular weight is 268 g/mol. The number of fused-ring (bicyclic) bond motifs is 1. The molecule has 1 saturated heterocycles. The van der Waals surface area contributed by atoms with Gasteiger partial charge in [-0.05, 0) is 36.8 Å². The summed E-state index contributed by atoms with van der Waals surface area (Å²) in [6, 6.07) is 5.78. The van der Waals surface area contributed by atoms with Crippen LogP contribution in [0, 0.1) is 23.2 Å².